The molecule has 0 aromatic heterocycles. The Hall–Kier alpha value is -2.02. The van der Waals surface area contributed by atoms with Gasteiger partial charge in [-0.05, 0) is 32.4 Å². The third kappa shape index (κ3) is 3.06. The molecular weight excluding hydrogens is 318 g/mol. The number of sulfone groups is 1. The van der Waals surface area contributed by atoms with Gasteiger partial charge >= 0.3 is 11.0 Å². The number of benzene rings is 1. The summed E-state index contributed by atoms with van der Waals surface area (Å²) in [6.07, 6.45) is 0.596. The predicted molar refractivity (Wildman–Crippen MR) is 83.2 cm³/mol. The first-order valence-electron chi connectivity index (χ1n) is 7.25. The second-order valence-electron chi connectivity index (χ2n) is 5.72. The van der Waals surface area contributed by atoms with E-state index in [-0.39, 0.29) is 10.9 Å². The summed E-state index contributed by atoms with van der Waals surface area (Å²) in [5.74, 6) is -0.870. The molecule has 1 aliphatic rings. The maximum Gasteiger partial charge on any atom is 0.473 e. The Bertz CT molecular complexity index is 752. The number of carbonyl (C=O) groups excluding carboxylic acids is 1. The van der Waals surface area contributed by atoms with Gasteiger partial charge in [-0.25, -0.2) is 8.42 Å². The summed E-state index contributed by atoms with van der Waals surface area (Å²) in [6.45, 7) is 5.52. The first kappa shape index (κ1) is 17.3. The van der Waals surface area contributed by atoms with Crippen LogP contribution in [0, 0.1) is 0 Å². The zero-order valence-electron chi connectivity index (χ0n) is 13.3. The van der Waals surface area contributed by atoms with Gasteiger partial charge < -0.3 is 10.3 Å². The number of carbonyl (C=O) groups is 1. The van der Waals surface area contributed by atoms with Crippen molar-refractivity contribution in [3.63, 3.8) is 0 Å². The van der Waals surface area contributed by atoms with Crippen LogP contribution in [0.1, 0.15) is 27.2 Å². The Morgan fingerprint density at radius 3 is 2.52 bits per heavy atom. The average Bonchev–Trinajstić information content (AvgIpc) is 2.83. The summed E-state index contributed by atoms with van der Waals surface area (Å²) in [4.78, 5) is 16.8. The van der Waals surface area contributed by atoms with E-state index in [1.165, 1.54) is 29.2 Å². The highest BCUT2D eigenvalue weighted by atomic mass is 32.2. The average molecular weight is 337 g/mol. The van der Waals surface area contributed by atoms with Crippen LogP contribution in [0.2, 0.25) is 0 Å². The molecule has 0 saturated carbocycles. The molecule has 0 radical (unpaired) electrons. The van der Waals surface area contributed by atoms with E-state index in [1.807, 2.05) is 6.92 Å². The number of nitrogens with zero attached hydrogens (tertiary/aromatic N) is 3. The minimum Gasteiger partial charge on any atom is -0.360 e. The van der Waals surface area contributed by atoms with E-state index < -0.39 is 26.5 Å². The lowest BCUT2D eigenvalue weighted by molar-refractivity contribution is -0.142. The molecule has 1 aliphatic heterocycles. The van der Waals surface area contributed by atoms with Gasteiger partial charge in [-0.3, -0.25) is 9.69 Å². The zero-order valence-corrected chi connectivity index (χ0v) is 14.1. The third-order valence-corrected chi connectivity index (χ3v) is 5.50. The SMILES string of the molecule is CC[C@H]1COC(C)(C)N1C(=O)C(=[N+]=[N-])S(=O)(=O)c1ccccc1. The van der Waals surface area contributed by atoms with Crippen molar-refractivity contribution in [2.75, 3.05) is 6.61 Å². The molecule has 2 rings (SSSR count). The van der Waals surface area contributed by atoms with E-state index in [0.29, 0.717) is 13.0 Å². The van der Waals surface area contributed by atoms with Crippen molar-refractivity contribution in [1.29, 1.82) is 0 Å². The van der Waals surface area contributed by atoms with Gasteiger partial charge in [0.1, 0.15) is 5.72 Å². The summed E-state index contributed by atoms with van der Waals surface area (Å²) >= 11 is 0. The molecule has 1 heterocycles. The Kier molecular flexibility index (Phi) is 4.70. The lowest BCUT2D eigenvalue weighted by Gasteiger charge is -2.31. The Morgan fingerprint density at radius 2 is 2.00 bits per heavy atom. The van der Waals surface area contributed by atoms with E-state index in [4.69, 9.17) is 4.74 Å². The van der Waals surface area contributed by atoms with Crippen LogP contribution in [0.25, 0.3) is 5.53 Å². The van der Waals surface area contributed by atoms with Crippen LogP contribution in [-0.4, -0.2) is 47.4 Å². The fraction of sp³-hybridized carbons (Fsp3) is 0.467. The number of amides is 1. The number of hydrogen-bond acceptors (Lipinski definition) is 4. The zero-order chi connectivity index (χ0) is 17.3. The van der Waals surface area contributed by atoms with Gasteiger partial charge in [0.25, 0.3) is 9.84 Å². The molecular formula is C15H19N3O4S. The van der Waals surface area contributed by atoms with Gasteiger partial charge in [-0.1, -0.05) is 25.1 Å². The molecule has 1 aromatic carbocycles. The summed E-state index contributed by atoms with van der Waals surface area (Å²) in [5.41, 5.74) is 8.23. The van der Waals surface area contributed by atoms with Crippen molar-refractivity contribution >= 4 is 20.8 Å². The smallest absolute Gasteiger partial charge is 0.360 e. The topological polar surface area (TPSA) is 100 Å². The van der Waals surface area contributed by atoms with Crippen molar-refractivity contribution in [2.24, 2.45) is 0 Å². The molecule has 8 heteroatoms. The fourth-order valence-corrected chi connectivity index (χ4v) is 3.79. The largest absolute Gasteiger partial charge is 0.473 e. The summed E-state index contributed by atoms with van der Waals surface area (Å²) in [7, 11) is -4.22. The molecule has 0 spiro atoms. The molecule has 1 atom stereocenters. The van der Waals surface area contributed by atoms with Crippen LogP contribution < -0.4 is 0 Å². The summed E-state index contributed by atoms with van der Waals surface area (Å²) in [5, 5.41) is -0.902. The third-order valence-electron chi connectivity index (χ3n) is 3.85. The summed E-state index contributed by atoms with van der Waals surface area (Å²) < 4.78 is 30.7. The lowest BCUT2D eigenvalue weighted by Crippen LogP contribution is -2.52. The Labute approximate surface area is 135 Å². The molecule has 0 N–H and O–H groups in total. The molecule has 1 fully saturated rings. The lowest BCUT2D eigenvalue weighted by atomic mass is 10.1. The molecule has 1 saturated heterocycles. The van der Waals surface area contributed by atoms with Crippen LogP contribution in [0.4, 0.5) is 0 Å². The molecule has 0 bridgehead atoms. The molecule has 1 amide bonds. The second-order valence-corrected chi connectivity index (χ2v) is 7.58. The minimum atomic E-state index is -4.22. The van der Waals surface area contributed by atoms with Crippen molar-refractivity contribution < 1.29 is 22.7 Å². The van der Waals surface area contributed by atoms with Crippen LogP contribution >= 0.6 is 0 Å². The van der Waals surface area contributed by atoms with Crippen molar-refractivity contribution in [3.05, 3.63) is 35.9 Å². The van der Waals surface area contributed by atoms with Gasteiger partial charge in [0, 0.05) is 0 Å². The van der Waals surface area contributed by atoms with Crippen LogP contribution in [0.3, 0.4) is 0 Å². The number of rotatable bonds is 2. The number of hydrogen-bond donors (Lipinski definition) is 0. The van der Waals surface area contributed by atoms with Gasteiger partial charge in [-0.2, -0.15) is 0 Å². The van der Waals surface area contributed by atoms with Crippen LogP contribution in [0.15, 0.2) is 35.2 Å². The first-order chi connectivity index (χ1) is 10.8. The highest BCUT2D eigenvalue weighted by Crippen LogP contribution is 2.30. The van der Waals surface area contributed by atoms with Crippen molar-refractivity contribution in [1.82, 2.24) is 4.90 Å². The van der Waals surface area contributed by atoms with Crippen molar-refractivity contribution in [3.8, 4) is 0 Å². The maximum atomic E-state index is 12.8. The van der Waals surface area contributed by atoms with E-state index in [0.717, 1.165) is 0 Å². The highest BCUT2D eigenvalue weighted by molar-refractivity contribution is 8.08. The van der Waals surface area contributed by atoms with Gasteiger partial charge in [0.05, 0.1) is 17.5 Å². The van der Waals surface area contributed by atoms with Crippen LogP contribution in [0.5, 0.6) is 0 Å². The van der Waals surface area contributed by atoms with Crippen molar-refractivity contribution in [2.45, 2.75) is 43.9 Å². The van der Waals surface area contributed by atoms with E-state index in [1.54, 1.807) is 19.9 Å². The Morgan fingerprint density at radius 1 is 1.39 bits per heavy atom. The van der Waals surface area contributed by atoms with Gasteiger partial charge in [-0.15, -0.1) is 4.79 Å². The Balaban J connectivity index is 2.46. The number of ether oxygens (including phenoxy) is 1. The van der Waals surface area contributed by atoms with Gasteiger partial charge in [0.15, 0.2) is 0 Å². The molecule has 7 nitrogen and oxygen atoms in total. The highest BCUT2D eigenvalue weighted by Gasteiger charge is 2.50. The fourth-order valence-electron chi connectivity index (χ4n) is 2.62. The molecule has 124 valence electrons. The second kappa shape index (κ2) is 6.23. The van der Waals surface area contributed by atoms with Gasteiger partial charge in [0.2, 0.25) is 0 Å². The van der Waals surface area contributed by atoms with Crippen LogP contribution in [-0.2, 0) is 19.4 Å². The normalized spacial score (nSPS) is 20.1. The minimum absolute atomic E-state index is 0.105. The molecule has 0 unspecified atom stereocenters. The predicted octanol–water partition coefficient (Wildman–Crippen LogP) is 1.46. The first-order valence-corrected chi connectivity index (χ1v) is 8.73. The quantitative estimate of drug-likeness (QED) is 0.353. The molecule has 0 aliphatic carbocycles. The molecule has 23 heavy (non-hydrogen) atoms. The maximum absolute atomic E-state index is 12.8. The van der Waals surface area contributed by atoms with E-state index >= 15 is 0 Å². The molecule has 1 aromatic rings. The monoisotopic (exact) mass is 337 g/mol. The van der Waals surface area contributed by atoms with E-state index in [2.05, 4.69) is 4.79 Å². The summed E-state index contributed by atoms with van der Waals surface area (Å²) in [6, 6.07) is 7.13. The van der Waals surface area contributed by atoms with E-state index in [9.17, 15) is 18.7 Å². The standard InChI is InChI=1S/C15H19N3O4S/c1-4-11-10-22-15(2,3)18(11)14(19)13(17-16)23(20,21)12-8-6-5-7-9-12/h5-9,11H,4,10H2,1-3H3/t11-/m0/s1.